The largest absolute Gasteiger partial charge is 0.383 e. The number of anilines is 1. The Morgan fingerprint density at radius 2 is 1.91 bits per heavy atom. The van der Waals surface area contributed by atoms with Gasteiger partial charge in [0, 0.05) is 25.8 Å². The van der Waals surface area contributed by atoms with Crippen molar-refractivity contribution < 1.29 is 17.9 Å². The fourth-order valence-electron chi connectivity index (χ4n) is 3.83. The number of fused-ring (bicyclic) bond motifs is 1. The summed E-state index contributed by atoms with van der Waals surface area (Å²) in [4.78, 5) is 20.0. The number of carbonyl (C=O) groups excluding carboxylic acids is 1. The van der Waals surface area contributed by atoms with Crippen molar-refractivity contribution in [1.29, 1.82) is 0 Å². The molecule has 1 aliphatic heterocycles. The van der Waals surface area contributed by atoms with E-state index in [9.17, 15) is 13.2 Å². The van der Waals surface area contributed by atoms with Crippen LogP contribution in [0.4, 0.5) is 5.13 Å². The Morgan fingerprint density at radius 3 is 2.62 bits per heavy atom. The van der Waals surface area contributed by atoms with Gasteiger partial charge in [0.25, 0.3) is 5.91 Å². The van der Waals surface area contributed by atoms with E-state index in [0.717, 1.165) is 35.0 Å². The maximum absolute atomic E-state index is 13.6. The summed E-state index contributed by atoms with van der Waals surface area (Å²) in [6.45, 7) is 3.51. The van der Waals surface area contributed by atoms with Crippen LogP contribution in [0.3, 0.4) is 0 Å². The monoisotopic (exact) mass is 473 g/mol. The number of carbonyl (C=O) groups is 1. The number of nitrogens with zero attached hydrogens (tertiary/aromatic N) is 3. The van der Waals surface area contributed by atoms with Crippen LogP contribution < -0.4 is 4.90 Å². The van der Waals surface area contributed by atoms with Crippen LogP contribution in [-0.4, -0.2) is 57.0 Å². The Bertz CT molecular complexity index is 1180. The second-order valence-electron chi connectivity index (χ2n) is 7.86. The second kappa shape index (κ2) is 9.66. The molecule has 32 heavy (non-hydrogen) atoms. The highest BCUT2D eigenvalue weighted by Crippen LogP contribution is 2.31. The molecule has 9 heteroatoms. The zero-order valence-corrected chi connectivity index (χ0v) is 19.9. The summed E-state index contributed by atoms with van der Waals surface area (Å²) in [7, 11) is -2.06. The van der Waals surface area contributed by atoms with Gasteiger partial charge in [-0.3, -0.25) is 9.69 Å². The molecular formula is C23H27N3O4S2. The SMILES string of the molecule is COCCN(C(=O)c1cc(S(=O)(=O)N2CCCCC2)ccc1C)c1nc2ccccc2s1. The number of piperidine rings is 1. The number of hydrogen-bond donors (Lipinski definition) is 0. The molecule has 0 radical (unpaired) electrons. The smallest absolute Gasteiger partial charge is 0.260 e. The molecular weight excluding hydrogens is 446 g/mol. The van der Waals surface area contributed by atoms with Crippen molar-refractivity contribution >= 4 is 42.6 Å². The first-order valence-electron chi connectivity index (χ1n) is 10.7. The molecule has 2 heterocycles. The molecule has 0 unspecified atom stereocenters. The third-order valence-electron chi connectivity index (χ3n) is 5.67. The molecule has 0 bridgehead atoms. The number of benzene rings is 2. The third kappa shape index (κ3) is 4.56. The van der Waals surface area contributed by atoms with Crippen molar-refractivity contribution in [3.8, 4) is 0 Å². The molecule has 2 aromatic carbocycles. The van der Waals surface area contributed by atoms with E-state index in [2.05, 4.69) is 4.98 Å². The van der Waals surface area contributed by atoms with Crippen molar-refractivity contribution in [3.05, 3.63) is 53.6 Å². The van der Waals surface area contributed by atoms with Gasteiger partial charge in [-0.15, -0.1) is 0 Å². The van der Waals surface area contributed by atoms with Gasteiger partial charge in [0.15, 0.2) is 5.13 Å². The van der Waals surface area contributed by atoms with Crippen LogP contribution >= 0.6 is 11.3 Å². The number of thiazole rings is 1. The molecule has 1 saturated heterocycles. The molecule has 7 nitrogen and oxygen atoms in total. The molecule has 0 aliphatic carbocycles. The van der Waals surface area contributed by atoms with Crippen molar-refractivity contribution in [1.82, 2.24) is 9.29 Å². The van der Waals surface area contributed by atoms with Crippen LogP contribution in [0.2, 0.25) is 0 Å². The van der Waals surface area contributed by atoms with Gasteiger partial charge in [-0.1, -0.05) is 36.0 Å². The van der Waals surface area contributed by atoms with E-state index in [0.29, 0.717) is 36.9 Å². The Morgan fingerprint density at radius 1 is 1.16 bits per heavy atom. The molecule has 1 aliphatic rings. The van der Waals surface area contributed by atoms with Crippen LogP contribution in [0, 0.1) is 6.92 Å². The lowest BCUT2D eigenvalue weighted by molar-refractivity contribution is 0.0975. The van der Waals surface area contributed by atoms with E-state index in [1.807, 2.05) is 31.2 Å². The highest BCUT2D eigenvalue weighted by molar-refractivity contribution is 7.89. The standard InChI is InChI=1S/C23H27N3O4S2/c1-17-10-11-18(32(28,29)25-12-6-3-7-13-25)16-19(17)22(27)26(14-15-30-2)23-24-20-8-4-5-9-21(20)31-23/h4-5,8-11,16H,3,6-7,12-15H2,1-2H3. The Hall–Kier alpha value is -2.33. The number of hydrogen-bond acceptors (Lipinski definition) is 6. The molecule has 4 rings (SSSR count). The minimum atomic E-state index is -3.64. The van der Waals surface area contributed by atoms with Gasteiger partial charge < -0.3 is 4.74 Å². The van der Waals surface area contributed by atoms with Crippen molar-refractivity contribution in [2.24, 2.45) is 0 Å². The van der Waals surface area contributed by atoms with Crippen LogP contribution in [0.5, 0.6) is 0 Å². The third-order valence-corrected chi connectivity index (χ3v) is 8.62. The summed E-state index contributed by atoms with van der Waals surface area (Å²) in [5.41, 5.74) is 1.90. The van der Waals surface area contributed by atoms with Gasteiger partial charge in [-0.2, -0.15) is 4.31 Å². The second-order valence-corrected chi connectivity index (χ2v) is 10.8. The number of para-hydroxylation sites is 1. The summed E-state index contributed by atoms with van der Waals surface area (Å²) in [6.07, 6.45) is 2.76. The summed E-state index contributed by atoms with van der Waals surface area (Å²) < 4.78 is 34.1. The Kier molecular flexibility index (Phi) is 6.90. The van der Waals surface area contributed by atoms with E-state index in [1.54, 1.807) is 24.1 Å². The Balaban J connectivity index is 1.71. The molecule has 1 amide bonds. The average molecular weight is 474 g/mol. The number of aryl methyl sites for hydroxylation is 1. The van der Waals surface area contributed by atoms with Crippen LogP contribution in [-0.2, 0) is 14.8 Å². The van der Waals surface area contributed by atoms with Gasteiger partial charge >= 0.3 is 0 Å². The predicted octanol–water partition coefficient (Wildman–Crippen LogP) is 4.07. The zero-order chi connectivity index (χ0) is 22.7. The van der Waals surface area contributed by atoms with Crippen LogP contribution in [0.25, 0.3) is 10.2 Å². The first kappa shape index (κ1) is 22.8. The molecule has 1 fully saturated rings. The number of sulfonamides is 1. The zero-order valence-electron chi connectivity index (χ0n) is 18.3. The van der Waals surface area contributed by atoms with Crippen molar-refractivity contribution in [3.63, 3.8) is 0 Å². The average Bonchev–Trinajstić information content (AvgIpc) is 3.24. The highest BCUT2D eigenvalue weighted by Gasteiger charge is 2.29. The van der Waals surface area contributed by atoms with Gasteiger partial charge in [0.1, 0.15) is 0 Å². The number of rotatable bonds is 7. The molecule has 1 aromatic heterocycles. The Labute approximate surface area is 192 Å². The van der Waals surface area contributed by atoms with Crippen LogP contribution in [0.1, 0.15) is 35.2 Å². The number of ether oxygens (including phenoxy) is 1. The van der Waals surface area contributed by atoms with Crippen molar-refractivity contribution in [2.75, 3.05) is 38.3 Å². The molecule has 0 N–H and O–H groups in total. The molecule has 170 valence electrons. The summed E-state index contributed by atoms with van der Waals surface area (Å²) in [6, 6.07) is 12.5. The summed E-state index contributed by atoms with van der Waals surface area (Å²) >= 11 is 1.43. The molecule has 3 aromatic rings. The topological polar surface area (TPSA) is 79.8 Å². The van der Waals surface area contributed by atoms with Gasteiger partial charge in [-0.05, 0) is 49.6 Å². The molecule has 0 saturated carbocycles. The minimum Gasteiger partial charge on any atom is -0.383 e. The number of methoxy groups -OCH3 is 1. The number of aromatic nitrogens is 1. The summed E-state index contributed by atoms with van der Waals surface area (Å²) in [5, 5.41) is 0.567. The van der Waals surface area contributed by atoms with E-state index >= 15 is 0 Å². The molecule has 0 spiro atoms. The highest BCUT2D eigenvalue weighted by atomic mass is 32.2. The quantitative estimate of drug-likeness (QED) is 0.517. The van der Waals surface area contributed by atoms with E-state index in [1.165, 1.54) is 21.7 Å². The van der Waals surface area contributed by atoms with E-state index < -0.39 is 10.0 Å². The lowest BCUT2D eigenvalue weighted by Gasteiger charge is -2.26. The fourth-order valence-corrected chi connectivity index (χ4v) is 6.37. The fraction of sp³-hybridized carbons (Fsp3) is 0.391. The van der Waals surface area contributed by atoms with Crippen LogP contribution in [0.15, 0.2) is 47.4 Å². The lowest BCUT2D eigenvalue weighted by Crippen LogP contribution is -2.36. The van der Waals surface area contributed by atoms with Gasteiger partial charge in [0.2, 0.25) is 10.0 Å². The van der Waals surface area contributed by atoms with E-state index in [4.69, 9.17) is 4.74 Å². The lowest BCUT2D eigenvalue weighted by atomic mass is 10.1. The first-order valence-corrected chi connectivity index (χ1v) is 12.9. The molecule has 0 atom stereocenters. The minimum absolute atomic E-state index is 0.157. The summed E-state index contributed by atoms with van der Waals surface area (Å²) in [5.74, 6) is -0.283. The normalized spacial score (nSPS) is 15.2. The number of amides is 1. The predicted molar refractivity (Wildman–Crippen MR) is 127 cm³/mol. The van der Waals surface area contributed by atoms with Gasteiger partial charge in [-0.25, -0.2) is 13.4 Å². The van der Waals surface area contributed by atoms with Crippen molar-refractivity contribution in [2.45, 2.75) is 31.1 Å². The van der Waals surface area contributed by atoms with E-state index in [-0.39, 0.29) is 10.8 Å². The maximum atomic E-state index is 13.6. The maximum Gasteiger partial charge on any atom is 0.260 e. The van der Waals surface area contributed by atoms with Gasteiger partial charge in [0.05, 0.1) is 28.3 Å². The first-order chi connectivity index (χ1) is 15.4.